The monoisotopic (exact) mass is 283 g/mol. The molecule has 1 aromatic heterocycles. The quantitative estimate of drug-likeness (QED) is 0.620. The van der Waals surface area contributed by atoms with Gasteiger partial charge in [-0.05, 0) is 57.9 Å². The Morgan fingerprint density at radius 3 is 2.57 bits per heavy atom. The van der Waals surface area contributed by atoms with Crippen LogP contribution < -0.4 is 0 Å². The Bertz CT molecular complexity index is 697. The van der Waals surface area contributed by atoms with E-state index in [1.807, 2.05) is 24.3 Å². The van der Waals surface area contributed by atoms with Crippen molar-refractivity contribution in [3.63, 3.8) is 0 Å². The third-order valence-electron chi connectivity index (χ3n) is 3.78. The van der Waals surface area contributed by atoms with Crippen molar-refractivity contribution in [1.82, 2.24) is 4.98 Å². The van der Waals surface area contributed by atoms with E-state index in [-0.39, 0.29) is 5.97 Å². The van der Waals surface area contributed by atoms with E-state index in [1.165, 1.54) is 18.3 Å². The zero-order valence-corrected chi connectivity index (χ0v) is 13.1. The number of aromatic nitrogens is 1. The molecule has 3 nitrogen and oxygen atoms in total. The van der Waals surface area contributed by atoms with Gasteiger partial charge in [0.1, 0.15) is 0 Å². The molecule has 0 unspecified atom stereocenters. The van der Waals surface area contributed by atoms with Crippen LogP contribution in [0.1, 0.15) is 43.2 Å². The van der Waals surface area contributed by atoms with Crippen LogP contribution in [0.5, 0.6) is 0 Å². The summed E-state index contributed by atoms with van der Waals surface area (Å²) in [5, 5.41) is 0.959. The Kier molecular flexibility index (Phi) is 4.73. The van der Waals surface area contributed by atoms with Gasteiger partial charge in [-0.1, -0.05) is 17.2 Å². The van der Waals surface area contributed by atoms with Crippen molar-refractivity contribution < 1.29 is 9.53 Å². The Balaban J connectivity index is 2.23. The summed E-state index contributed by atoms with van der Waals surface area (Å²) in [4.78, 5) is 16.2. The van der Waals surface area contributed by atoms with Gasteiger partial charge < -0.3 is 4.74 Å². The first kappa shape index (κ1) is 15.2. The number of nitrogens with zero attached hydrogens (tertiary/aromatic N) is 1. The molecule has 0 aliphatic rings. The number of carbonyl (C=O) groups excluding carboxylic acids is 1. The largest absolute Gasteiger partial charge is 0.465 e. The minimum Gasteiger partial charge on any atom is -0.465 e. The summed E-state index contributed by atoms with van der Waals surface area (Å²) in [6.07, 6.45) is 1.97. The maximum atomic E-state index is 11.5. The van der Waals surface area contributed by atoms with E-state index in [1.54, 1.807) is 6.07 Å². The lowest BCUT2D eigenvalue weighted by Crippen LogP contribution is -2.01. The molecular weight excluding hydrogens is 262 g/mol. The van der Waals surface area contributed by atoms with Gasteiger partial charge in [-0.25, -0.2) is 4.79 Å². The zero-order valence-electron chi connectivity index (χ0n) is 13.1. The number of allylic oxidation sites excluding steroid dienone is 2. The van der Waals surface area contributed by atoms with Gasteiger partial charge in [0.2, 0.25) is 0 Å². The van der Waals surface area contributed by atoms with E-state index in [2.05, 4.69) is 25.8 Å². The van der Waals surface area contributed by atoms with Crippen LogP contribution >= 0.6 is 0 Å². The Morgan fingerprint density at radius 2 is 1.90 bits per heavy atom. The van der Waals surface area contributed by atoms with Gasteiger partial charge >= 0.3 is 5.97 Å². The standard InChI is InChI=1S/C18H21NO2/c1-12(2)13(3)5-8-16-9-6-14-11-15(18(20)21-4)7-10-17(14)19-16/h6-7,9-11H,5,8H2,1-4H3. The van der Waals surface area contributed by atoms with Crippen molar-refractivity contribution in [2.24, 2.45) is 0 Å². The number of carbonyl (C=O) groups is 1. The first-order valence-corrected chi connectivity index (χ1v) is 7.12. The summed E-state index contributed by atoms with van der Waals surface area (Å²) in [6.45, 7) is 6.44. The second kappa shape index (κ2) is 6.53. The molecule has 0 atom stereocenters. The maximum absolute atomic E-state index is 11.5. The van der Waals surface area contributed by atoms with Crippen LogP contribution in [-0.2, 0) is 11.2 Å². The lowest BCUT2D eigenvalue weighted by atomic mass is 10.0. The zero-order chi connectivity index (χ0) is 15.4. The number of hydrogen-bond acceptors (Lipinski definition) is 3. The van der Waals surface area contributed by atoms with Gasteiger partial charge in [-0.2, -0.15) is 0 Å². The molecular formula is C18H21NO2. The van der Waals surface area contributed by atoms with Crippen LogP contribution in [0.4, 0.5) is 0 Å². The topological polar surface area (TPSA) is 39.2 Å². The van der Waals surface area contributed by atoms with Crippen molar-refractivity contribution in [2.45, 2.75) is 33.6 Å². The summed E-state index contributed by atoms with van der Waals surface area (Å²) in [5.41, 5.74) is 5.33. The molecule has 0 radical (unpaired) electrons. The van der Waals surface area contributed by atoms with Gasteiger partial charge in [0.05, 0.1) is 18.2 Å². The predicted octanol–water partition coefficient (Wildman–Crippen LogP) is 4.31. The number of methoxy groups -OCH3 is 1. The number of hydrogen-bond donors (Lipinski definition) is 0. The van der Waals surface area contributed by atoms with E-state index in [4.69, 9.17) is 4.74 Å². The summed E-state index contributed by atoms with van der Waals surface area (Å²) in [7, 11) is 1.39. The van der Waals surface area contributed by atoms with Crippen LogP contribution in [0.2, 0.25) is 0 Å². The predicted molar refractivity (Wildman–Crippen MR) is 85.5 cm³/mol. The van der Waals surface area contributed by atoms with Crippen molar-refractivity contribution in [3.8, 4) is 0 Å². The highest BCUT2D eigenvalue weighted by Gasteiger charge is 2.07. The minimum atomic E-state index is -0.319. The molecule has 0 saturated heterocycles. The fraction of sp³-hybridized carbons (Fsp3) is 0.333. The normalized spacial score (nSPS) is 10.5. The molecule has 2 rings (SSSR count). The SMILES string of the molecule is COC(=O)c1ccc2nc(CCC(C)=C(C)C)ccc2c1. The highest BCUT2D eigenvalue weighted by molar-refractivity contribution is 5.94. The maximum Gasteiger partial charge on any atom is 0.337 e. The molecule has 0 spiro atoms. The van der Waals surface area contributed by atoms with E-state index in [0.29, 0.717) is 5.56 Å². The van der Waals surface area contributed by atoms with E-state index >= 15 is 0 Å². The Labute approximate surface area is 125 Å². The number of pyridine rings is 1. The number of ether oxygens (including phenoxy) is 1. The Morgan fingerprint density at radius 1 is 1.14 bits per heavy atom. The fourth-order valence-corrected chi connectivity index (χ4v) is 2.12. The van der Waals surface area contributed by atoms with Crippen molar-refractivity contribution in [2.75, 3.05) is 7.11 Å². The number of aryl methyl sites for hydroxylation is 1. The molecule has 0 N–H and O–H groups in total. The lowest BCUT2D eigenvalue weighted by molar-refractivity contribution is 0.0601. The van der Waals surface area contributed by atoms with Gasteiger partial charge in [-0.3, -0.25) is 4.98 Å². The van der Waals surface area contributed by atoms with Gasteiger partial charge in [0.15, 0.2) is 0 Å². The smallest absolute Gasteiger partial charge is 0.337 e. The van der Waals surface area contributed by atoms with E-state index in [9.17, 15) is 4.79 Å². The fourth-order valence-electron chi connectivity index (χ4n) is 2.12. The second-order valence-electron chi connectivity index (χ2n) is 5.48. The second-order valence-corrected chi connectivity index (χ2v) is 5.48. The van der Waals surface area contributed by atoms with Gasteiger partial charge in [-0.15, -0.1) is 0 Å². The van der Waals surface area contributed by atoms with Crippen molar-refractivity contribution >= 4 is 16.9 Å². The number of esters is 1. The third-order valence-corrected chi connectivity index (χ3v) is 3.78. The molecule has 0 amide bonds. The number of benzene rings is 1. The van der Waals surface area contributed by atoms with Crippen LogP contribution in [0.25, 0.3) is 10.9 Å². The molecule has 110 valence electrons. The Hall–Kier alpha value is -2.16. The lowest BCUT2D eigenvalue weighted by Gasteiger charge is -2.06. The van der Waals surface area contributed by atoms with Gasteiger partial charge in [0.25, 0.3) is 0 Å². The molecule has 1 heterocycles. The molecule has 3 heteroatoms. The van der Waals surface area contributed by atoms with Gasteiger partial charge in [0, 0.05) is 11.1 Å². The molecule has 0 bridgehead atoms. The van der Waals surface area contributed by atoms with E-state index in [0.717, 1.165) is 29.4 Å². The van der Waals surface area contributed by atoms with Crippen molar-refractivity contribution in [3.05, 3.63) is 52.7 Å². The number of fused-ring (bicyclic) bond motifs is 1. The molecule has 0 aliphatic heterocycles. The molecule has 0 saturated carbocycles. The first-order chi connectivity index (χ1) is 10.0. The summed E-state index contributed by atoms with van der Waals surface area (Å²) in [5.74, 6) is -0.319. The molecule has 2 aromatic rings. The summed E-state index contributed by atoms with van der Waals surface area (Å²) >= 11 is 0. The highest BCUT2D eigenvalue weighted by atomic mass is 16.5. The highest BCUT2D eigenvalue weighted by Crippen LogP contribution is 2.17. The third kappa shape index (κ3) is 3.69. The molecule has 0 aliphatic carbocycles. The molecule has 21 heavy (non-hydrogen) atoms. The van der Waals surface area contributed by atoms with Crippen LogP contribution in [0.3, 0.4) is 0 Å². The van der Waals surface area contributed by atoms with E-state index < -0.39 is 0 Å². The average Bonchev–Trinajstić information content (AvgIpc) is 2.50. The van der Waals surface area contributed by atoms with Crippen LogP contribution in [0, 0.1) is 0 Å². The molecule has 1 aromatic carbocycles. The summed E-state index contributed by atoms with van der Waals surface area (Å²) < 4.78 is 4.73. The molecule has 0 fully saturated rings. The summed E-state index contributed by atoms with van der Waals surface area (Å²) in [6, 6.07) is 9.49. The number of rotatable bonds is 4. The van der Waals surface area contributed by atoms with Crippen LogP contribution in [0.15, 0.2) is 41.5 Å². The first-order valence-electron chi connectivity index (χ1n) is 7.12. The van der Waals surface area contributed by atoms with Crippen molar-refractivity contribution in [1.29, 1.82) is 0 Å². The average molecular weight is 283 g/mol. The van der Waals surface area contributed by atoms with Crippen LogP contribution in [-0.4, -0.2) is 18.1 Å². The minimum absolute atomic E-state index is 0.319.